The molecule has 16 heteroatoms. The zero-order valence-corrected chi connectivity index (χ0v) is 15.4. The molecule has 0 aliphatic carbocycles. The van der Waals surface area contributed by atoms with Gasteiger partial charge in [-0.25, -0.2) is 8.42 Å². The van der Waals surface area contributed by atoms with Gasteiger partial charge in [-0.05, 0) is 6.42 Å². The van der Waals surface area contributed by atoms with Crippen LogP contribution < -0.4 is 51.4 Å². The number of hydrogen-bond donors (Lipinski definition) is 0. The van der Waals surface area contributed by atoms with Gasteiger partial charge < -0.3 is 4.55 Å². The van der Waals surface area contributed by atoms with Gasteiger partial charge in [0.1, 0.15) is 0 Å². The van der Waals surface area contributed by atoms with E-state index in [1.165, 1.54) is 0 Å². The number of rotatable bonds is 7. The van der Waals surface area contributed by atoms with Crippen LogP contribution in [0.2, 0.25) is 0 Å². The molecule has 0 aliphatic rings. The van der Waals surface area contributed by atoms with Crippen molar-refractivity contribution >= 4 is 10.1 Å². The van der Waals surface area contributed by atoms with Crippen LogP contribution in [-0.4, -0.2) is 42.2 Å². The molecule has 3 nitrogen and oxygen atoms in total. The molecule has 0 aromatic heterocycles. The van der Waals surface area contributed by atoms with Crippen molar-refractivity contribution < 1.29 is 113 Å². The first-order chi connectivity index (χ1) is 9.71. The van der Waals surface area contributed by atoms with Crippen LogP contribution in [0.4, 0.5) is 48.3 Å². The van der Waals surface area contributed by atoms with Gasteiger partial charge in [-0.3, -0.25) is 0 Å². The average Bonchev–Trinajstić information content (AvgIpc) is 2.24. The number of halogens is 11. The van der Waals surface area contributed by atoms with Crippen LogP contribution in [0.3, 0.4) is 0 Å². The molecule has 0 bridgehead atoms. The summed E-state index contributed by atoms with van der Waals surface area (Å²) in [5.41, 5.74) is 0. The molecule has 0 spiro atoms. The van der Waals surface area contributed by atoms with E-state index in [0.29, 0.717) is 0 Å². The van der Waals surface area contributed by atoms with Gasteiger partial charge in [0, 0.05) is 12.8 Å². The Morgan fingerprint density at radius 1 is 0.708 bits per heavy atom. The van der Waals surface area contributed by atoms with Crippen LogP contribution in [0.15, 0.2) is 0 Å². The summed E-state index contributed by atoms with van der Waals surface area (Å²) in [5, 5.41) is -7.11. The topological polar surface area (TPSA) is 57.2 Å². The van der Waals surface area contributed by atoms with Crippen LogP contribution in [0, 0.1) is 0 Å². The maximum atomic E-state index is 13.0. The Morgan fingerprint density at radius 3 is 1.38 bits per heavy atom. The molecule has 0 saturated carbocycles. The maximum Gasteiger partial charge on any atom is 1.00 e. The van der Waals surface area contributed by atoms with Crippen molar-refractivity contribution in [1.29, 1.82) is 0 Å². The second kappa shape index (κ2) is 7.80. The van der Waals surface area contributed by atoms with Gasteiger partial charge in [0.05, 0.1) is 0 Å². The smallest absolute Gasteiger partial charge is 0.743 e. The molecule has 0 aliphatic heterocycles. The van der Waals surface area contributed by atoms with Crippen molar-refractivity contribution in [2.45, 2.75) is 48.5 Å². The van der Waals surface area contributed by atoms with Crippen molar-refractivity contribution in [2.24, 2.45) is 0 Å². The van der Waals surface area contributed by atoms with Gasteiger partial charge in [-0.1, -0.05) is 0 Å². The molecule has 0 radical (unpaired) electrons. The van der Waals surface area contributed by atoms with Crippen molar-refractivity contribution in [1.82, 2.24) is 0 Å². The molecule has 140 valence electrons. The molecule has 0 atom stereocenters. The minimum Gasteiger partial charge on any atom is -0.743 e. The average molecular weight is 430 g/mol. The molecule has 0 aromatic carbocycles. The summed E-state index contributed by atoms with van der Waals surface area (Å²) in [6.07, 6.45) is -11.7. The van der Waals surface area contributed by atoms with E-state index in [9.17, 15) is 61.3 Å². The monoisotopic (exact) mass is 430 g/mol. The Labute approximate surface area is 170 Å². The largest absolute Gasteiger partial charge is 1.00 e. The summed E-state index contributed by atoms with van der Waals surface area (Å²) in [7, 11) is -7.47. The van der Waals surface area contributed by atoms with Crippen molar-refractivity contribution in [3.8, 4) is 0 Å². The fourth-order valence-electron chi connectivity index (χ4n) is 1.24. The molecule has 0 heterocycles. The van der Waals surface area contributed by atoms with Crippen LogP contribution in [-0.2, 0) is 10.1 Å². The Morgan fingerprint density at radius 2 is 1.08 bits per heavy atom. The summed E-state index contributed by atoms with van der Waals surface area (Å²) in [5.74, 6) is -20.6. The third-order valence-corrected chi connectivity index (χ3v) is 3.37. The molecule has 0 unspecified atom stereocenters. The van der Waals surface area contributed by atoms with Crippen LogP contribution in [0.1, 0.15) is 19.3 Å². The first-order valence-electron chi connectivity index (χ1n) is 5.24. The Balaban J connectivity index is 0. The summed E-state index contributed by atoms with van der Waals surface area (Å²) in [6, 6.07) is 0. The summed E-state index contributed by atoms with van der Waals surface area (Å²) in [6.45, 7) is 0. The molecular weight excluding hydrogens is 424 g/mol. The molecule has 0 aromatic rings. The van der Waals surface area contributed by atoms with Gasteiger partial charge in [-0.2, -0.15) is 48.3 Å². The Bertz CT molecular complexity index is 528. The second-order valence-corrected chi connectivity index (χ2v) is 5.71. The fraction of sp³-hybridized carbons (Fsp3) is 1.00. The van der Waals surface area contributed by atoms with Gasteiger partial charge in [0.15, 0.2) is 10.1 Å². The third-order valence-electron chi connectivity index (χ3n) is 2.48. The van der Waals surface area contributed by atoms with Gasteiger partial charge >= 0.3 is 80.6 Å². The van der Waals surface area contributed by atoms with Crippen LogP contribution >= 0.6 is 0 Å². The zero-order valence-electron chi connectivity index (χ0n) is 11.4. The van der Waals surface area contributed by atoms with Gasteiger partial charge in [-0.15, -0.1) is 0 Å². The van der Waals surface area contributed by atoms with Crippen molar-refractivity contribution in [3.63, 3.8) is 0 Å². The van der Waals surface area contributed by atoms with E-state index >= 15 is 0 Å². The standard InChI is InChI=1S/C8H7F11O3S.K/c9-4(10,2-1-3-5(11,12)13)6(14,15)7(16,17)8(18,19)23(20,21)22;/h1-3H2,(H,20,21,22);/q;+1/p-1. The maximum absolute atomic E-state index is 13.0. The zero-order chi connectivity index (χ0) is 19.1. The van der Waals surface area contributed by atoms with Crippen molar-refractivity contribution in [2.75, 3.05) is 0 Å². The quantitative estimate of drug-likeness (QED) is 0.341. The van der Waals surface area contributed by atoms with Crippen LogP contribution in [0.5, 0.6) is 0 Å². The Hall–Kier alpha value is 0.776. The van der Waals surface area contributed by atoms with E-state index in [4.69, 9.17) is 0 Å². The summed E-state index contributed by atoms with van der Waals surface area (Å²) >= 11 is 0. The molecule has 0 N–H and O–H groups in total. The minimum absolute atomic E-state index is 0. The van der Waals surface area contributed by atoms with Crippen LogP contribution in [0.25, 0.3) is 0 Å². The predicted molar refractivity (Wildman–Crippen MR) is 49.4 cm³/mol. The Kier molecular flexibility index (Phi) is 8.77. The van der Waals surface area contributed by atoms with E-state index in [2.05, 4.69) is 0 Å². The van der Waals surface area contributed by atoms with Gasteiger partial charge in [0.25, 0.3) is 0 Å². The van der Waals surface area contributed by atoms with Gasteiger partial charge in [0.2, 0.25) is 0 Å². The van der Waals surface area contributed by atoms with Crippen molar-refractivity contribution in [3.05, 3.63) is 0 Å². The fourth-order valence-corrected chi connectivity index (χ4v) is 1.68. The summed E-state index contributed by atoms with van der Waals surface area (Å²) in [4.78, 5) is 0. The molecular formula is C8H6F11KO3S. The van der Waals surface area contributed by atoms with E-state index < -0.39 is 58.6 Å². The molecule has 0 fully saturated rings. The molecule has 0 amide bonds. The van der Waals surface area contributed by atoms with E-state index in [1.54, 1.807) is 0 Å². The third kappa shape index (κ3) is 5.39. The second-order valence-electron chi connectivity index (χ2n) is 4.29. The summed E-state index contributed by atoms with van der Waals surface area (Å²) < 4.78 is 168. The first kappa shape index (κ1) is 27.0. The first-order valence-corrected chi connectivity index (χ1v) is 6.65. The normalized spacial score (nSPS) is 15.2. The molecule has 24 heavy (non-hydrogen) atoms. The van der Waals surface area contributed by atoms with E-state index in [1.807, 2.05) is 0 Å². The molecule has 0 rings (SSSR count). The predicted octanol–water partition coefficient (Wildman–Crippen LogP) is 0.767. The van der Waals surface area contributed by atoms with E-state index in [-0.39, 0.29) is 51.4 Å². The SMILES string of the molecule is O=S(=O)([O-])C(F)(F)C(F)(F)C(F)(F)C(F)(F)CCCC(F)(F)F.[K+]. The minimum atomic E-state index is -7.47. The number of alkyl halides is 11. The molecule has 0 saturated heterocycles. The van der Waals surface area contributed by atoms with E-state index in [0.717, 1.165) is 0 Å². The number of hydrogen-bond acceptors (Lipinski definition) is 3.